The molecule has 1 aromatic carbocycles. The van der Waals surface area contributed by atoms with Crippen LogP contribution >= 0.6 is 0 Å². The lowest BCUT2D eigenvalue weighted by Gasteiger charge is -2.34. The van der Waals surface area contributed by atoms with Gasteiger partial charge in [-0.15, -0.1) is 0 Å². The number of hydrogen-bond acceptors (Lipinski definition) is 6. The minimum atomic E-state index is -0.254. The van der Waals surface area contributed by atoms with E-state index in [2.05, 4.69) is 39.0 Å². The maximum absolute atomic E-state index is 12.8. The van der Waals surface area contributed by atoms with Gasteiger partial charge in [0.15, 0.2) is 11.5 Å². The predicted molar refractivity (Wildman–Crippen MR) is 128 cm³/mol. The molecule has 1 fully saturated rings. The molecule has 1 N–H and O–H groups in total. The van der Waals surface area contributed by atoms with Gasteiger partial charge in [0.25, 0.3) is 5.91 Å². The first-order valence-corrected chi connectivity index (χ1v) is 11.1. The van der Waals surface area contributed by atoms with Gasteiger partial charge in [-0.3, -0.25) is 9.89 Å². The summed E-state index contributed by atoms with van der Waals surface area (Å²) in [7, 11) is 1.75. The van der Waals surface area contributed by atoms with E-state index < -0.39 is 0 Å². The Bertz CT molecular complexity index is 1350. The lowest BCUT2D eigenvalue weighted by molar-refractivity contribution is -0.124. The van der Waals surface area contributed by atoms with Gasteiger partial charge in [0.2, 0.25) is 0 Å². The number of hydrogen-bond donors (Lipinski definition) is 1. The highest BCUT2D eigenvalue weighted by Gasteiger charge is 2.22. The number of aromatic nitrogens is 5. The highest BCUT2D eigenvalue weighted by Crippen LogP contribution is 2.26. The van der Waals surface area contributed by atoms with Crippen molar-refractivity contribution in [2.24, 2.45) is 0 Å². The zero-order chi connectivity index (χ0) is 23.5. The van der Waals surface area contributed by atoms with Crippen LogP contribution in [0.25, 0.3) is 16.9 Å². The Hall–Kier alpha value is -4.16. The molecule has 0 unspecified atom stereocenters. The predicted octanol–water partition coefficient (Wildman–Crippen LogP) is 2.38. The number of aromatic amines is 1. The fraction of sp³-hybridized carbons (Fsp3) is 0.280. The van der Waals surface area contributed by atoms with E-state index in [1.807, 2.05) is 42.5 Å². The number of carbonyl (C=O) groups excluding carboxylic acids is 1. The van der Waals surface area contributed by atoms with Crippen molar-refractivity contribution < 1.29 is 9.53 Å². The second kappa shape index (κ2) is 9.37. The largest absolute Gasteiger partial charge is 0.377 e. The van der Waals surface area contributed by atoms with E-state index in [9.17, 15) is 4.79 Å². The first kappa shape index (κ1) is 21.7. The molecule has 0 saturated carbocycles. The van der Waals surface area contributed by atoms with Gasteiger partial charge in [-0.25, -0.2) is 4.98 Å². The van der Waals surface area contributed by atoms with Gasteiger partial charge in [0.05, 0.1) is 37.0 Å². The number of anilines is 1. The van der Waals surface area contributed by atoms with Crippen molar-refractivity contribution in [3.8, 4) is 17.7 Å². The summed E-state index contributed by atoms with van der Waals surface area (Å²) in [5.41, 5.74) is 2.40. The molecule has 0 spiro atoms. The number of pyridine rings is 1. The summed E-state index contributed by atoms with van der Waals surface area (Å²) in [6.07, 6.45) is 3.39. The van der Waals surface area contributed by atoms with Crippen LogP contribution in [0, 0.1) is 11.8 Å². The summed E-state index contributed by atoms with van der Waals surface area (Å²) in [6, 6.07) is 13.8. The van der Waals surface area contributed by atoms with Gasteiger partial charge in [-0.1, -0.05) is 36.3 Å². The van der Waals surface area contributed by atoms with Crippen LogP contribution in [0.3, 0.4) is 0 Å². The number of nitrogens with one attached hydrogen (secondary N) is 1. The van der Waals surface area contributed by atoms with Crippen LogP contribution in [0.5, 0.6) is 0 Å². The van der Waals surface area contributed by atoms with Crippen LogP contribution in [-0.2, 0) is 16.1 Å². The summed E-state index contributed by atoms with van der Waals surface area (Å²) in [5.74, 6) is 7.12. The SMILES string of the molecule is C[C@@H]1COCCN1c1cc(C#CC(=O)N(C)Cc2ccccc2)c2cnn(-c3ccn[nH]3)c2n1. The standard InChI is InChI=1S/C25H25N7O2/c1-18-17-34-13-12-31(18)23-14-20(8-9-24(33)30(2)16-19-6-4-3-5-7-19)21-15-27-32(25(21)28-23)22-10-11-26-29-22/h3-7,10-11,14-15,18H,12-13,16-17H2,1-2H3,(H,26,29)/t18-/m1/s1. The third-order valence-corrected chi connectivity index (χ3v) is 5.82. The Balaban J connectivity index is 1.52. The van der Waals surface area contributed by atoms with Crippen molar-refractivity contribution in [2.75, 3.05) is 31.7 Å². The molecule has 0 radical (unpaired) electrons. The zero-order valence-electron chi connectivity index (χ0n) is 19.1. The quantitative estimate of drug-likeness (QED) is 0.475. The molecule has 4 aromatic rings. The van der Waals surface area contributed by atoms with E-state index in [0.717, 1.165) is 23.3 Å². The molecule has 9 nitrogen and oxygen atoms in total. The van der Waals surface area contributed by atoms with Crippen LogP contribution in [0.15, 0.2) is 54.9 Å². The average Bonchev–Trinajstić information content (AvgIpc) is 3.53. The number of amides is 1. The molecule has 9 heteroatoms. The number of rotatable bonds is 4. The van der Waals surface area contributed by atoms with E-state index in [-0.39, 0.29) is 11.9 Å². The number of ether oxygens (including phenoxy) is 1. The molecule has 1 amide bonds. The molecular weight excluding hydrogens is 430 g/mol. The molecule has 1 saturated heterocycles. The third-order valence-electron chi connectivity index (χ3n) is 5.82. The Morgan fingerprint density at radius 1 is 1.29 bits per heavy atom. The molecular formula is C25H25N7O2. The minimum absolute atomic E-state index is 0.168. The van der Waals surface area contributed by atoms with E-state index in [4.69, 9.17) is 9.72 Å². The summed E-state index contributed by atoms with van der Waals surface area (Å²) in [4.78, 5) is 21.5. The van der Waals surface area contributed by atoms with Crippen molar-refractivity contribution >= 4 is 22.8 Å². The second-order valence-electron chi connectivity index (χ2n) is 8.28. The minimum Gasteiger partial charge on any atom is -0.377 e. The molecule has 1 atom stereocenters. The van der Waals surface area contributed by atoms with E-state index in [0.29, 0.717) is 36.8 Å². The first-order valence-electron chi connectivity index (χ1n) is 11.1. The van der Waals surface area contributed by atoms with Crippen LogP contribution in [0.1, 0.15) is 18.1 Å². The molecule has 172 valence electrons. The van der Waals surface area contributed by atoms with Gasteiger partial charge in [-0.05, 0) is 18.6 Å². The maximum Gasteiger partial charge on any atom is 0.298 e. The Morgan fingerprint density at radius 3 is 2.91 bits per heavy atom. The monoisotopic (exact) mass is 455 g/mol. The number of morpholine rings is 1. The smallest absolute Gasteiger partial charge is 0.298 e. The summed E-state index contributed by atoms with van der Waals surface area (Å²) in [6.45, 7) is 4.58. The van der Waals surface area contributed by atoms with Gasteiger partial charge in [0, 0.05) is 37.7 Å². The van der Waals surface area contributed by atoms with Crippen LogP contribution in [-0.4, -0.2) is 68.6 Å². The highest BCUT2D eigenvalue weighted by molar-refractivity contribution is 5.95. The molecule has 34 heavy (non-hydrogen) atoms. The van der Waals surface area contributed by atoms with Crippen molar-refractivity contribution in [2.45, 2.75) is 19.5 Å². The molecule has 4 heterocycles. The Morgan fingerprint density at radius 2 is 2.15 bits per heavy atom. The van der Waals surface area contributed by atoms with Gasteiger partial charge in [0.1, 0.15) is 5.82 Å². The lowest BCUT2D eigenvalue weighted by atomic mass is 10.1. The summed E-state index contributed by atoms with van der Waals surface area (Å²) < 4.78 is 7.29. The Kier molecular flexibility index (Phi) is 5.97. The molecule has 1 aliphatic rings. The Labute approximate surface area is 197 Å². The second-order valence-corrected chi connectivity index (χ2v) is 8.28. The van der Waals surface area contributed by atoms with E-state index >= 15 is 0 Å². The fourth-order valence-corrected chi connectivity index (χ4v) is 3.99. The molecule has 5 rings (SSSR count). The zero-order valence-corrected chi connectivity index (χ0v) is 19.1. The first-order chi connectivity index (χ1) is 16.6. The van der Waals surface area contributed by atoms with Crippen molar-refractivity contribution in [3.05, 3.63) is 66.0 Å². The third kappa shape index (κ3) is 4.36. The van der Waals surface area contributed by atoms with Gasteiger partial charge in [-0.2, -0.15) is 14.9 Å². The average molecular weight is 456 g/mol. The van der Waals surface area contributed by atoms with Crippen molar-refractivity contribution in [3.63, 3.8) is 0 Å². The van der Waals surface area contributed by atoms with Crippen molar-refractivity contribution in [1.29, 1.82) is 0 Å². The van der Waals surface area contributed by atoms with E-state index in [1.165, 1.54) is 0 Å². The number of fused-ring (bicyclic) bond motifs is 1. The van der Waals surface area contributed by atoms with Gasteiger partial charge < -0.3 is 14.5 Å². The van der Waals surface area contributed by atoms with E-state index in [1.54, 1.807) is 29.0 Å². The lowest BCUT2D eigenvalue weighted by Crippen LogP contribution is -2.44. The van der Waals surface area contributed by atoms with Crippen molar-refractivity contribution in [1.82, 2.24) is 29.9 Å². The van der Waals surface area contributed by atoms with Gasteiger partial charge >= 0.3 is 0 Å². The summed E-state index contributed by atoms with van der Waals surface area (Å²) >= 11 is 0. The number of H-pyrrole nitrogens is 1. The number of nitrogens with zero attached hydrogens (tertiary/aromatic N) is 6. The molecule has 0 aliphatic carbocycles. The van der Waals surface area contributed by atoms with Crippen LogP contribution in [0.4, 0.5) is 5.82 Å². The molecule has 0 bridgehead atoms. The molecule has 3 aromatic heterocycles. The number of benzene rings is 1. The fourth-order valence-electron chi connectivity index (χ4n) is 3.99. The normalized spacial score (nSPS) is 15.7. The van der Waals surface area contributed by atoms with Crippen LogP contribution < -0.4 is 4.90 Å². The van der Waals surface area contributed by atoms with Crippen LogP contribution in [0.2, 0.25) is 0 Å². The number of carbonyl (C=O) groups is 1. The topological polar surface area (TPSA) is 92.2 Å². The highest BCUT2D eigenvalue weighted by atomic mass is 16.5. The maximum atomic E-state index is 12.8. The summed E-state index contributed by atoms with van der Waals surface area (Å²) in [5, 5.41) is 12.2. The molecule has 1 aliphatic heterocycles.